The van der Waals surface area contributed by atoms with Crippen LogP contribution in [0.2, 0.25) is 5.02 Å². The first-order chi connectivity index (χ1) is 11.8. The Balaban J connectivity index is 2.23. The van der Waals surface area contributed by atoms with Crippen molar-refractivity contribution in [3.05, 3.63) is 44.6 Å². The van der Waals surface area contributed by atoms with E-state index in [0.29, 0.717) is 0 Å². The zero-order valence-corrected chi connectivity index (χ0v) is 14.3. The molecule has 0 saturated carbocycles. The average Bonchev–Trinajstić information content (AvgIpc) is 2.53. The molecule has 10 heteroatoms. The molecule has 2 rings (SSSR count). The quantitative estimate of drug-likeness (QED) is 0.450. The number of nitrogens with zero attached hydrogens (tertiary/aromatic N) is 1. The number of carbonyl (C=O) groups is 2. The standard InChI is InChI=1S/C15H16ClN3O6/c1-3-24-14(20)13-8(2)17-15(21)18-11(13)7-25-12-5-4-9(19(22)23)6-10(12)16/h4-6,8H,3,7H2,1-2H3,(H2,17,18,21)/t8-/m1/s1. The minimum absolute atomic E-state index is 0.0424. The Labute approximate surface area is 148 Å². The lowest BCUT2D eigenvalue weighted by Crippen LogP contribution is -2.50. The predicted octanol–water partition coefficient (Wildman–Crippen LogP) is 2.15. The molecule has 25 heavy (non-hydrogen) atoms. The number of non-ortho nitro benzene ring substituents is 1. The number of hydrogen-bond donors (Lipinski definition) is 2. The van der Waals surface area contributed by atoms with Crippen LogP contribution in [-0.4, -0.2) is 36.2 Å². The van der Waals surface area contributed by atoms with Crippen molar-refractivity contribution in [2.24, 2.45) is 0 Å². The Hall–Kier alpha value is -2.81. The van der Waals surface area contributed by atoms with Gasteiger partial charge in [-0.05, 0) is 19.9 Å². The number of nitro benzene ring substituents is 1. The number of halogens is 1. The molecule has 0 bridgehead atoms. The van der Waals surface area contributed by atoms with Crippen LogP contribution in [-0.2, 0) is 9.53 Å². The first-order valence-corrected chi connectivity index (χ1v) is 7.75. The molecule has 2 amide bonds. The van der Waals surface area contributed by atoms with Crippen molar-refractivity contribution in [1.29, 1.82) is 0 Å². The highest BCUT2D eigenvalue weighted by Gasteiger charge is 2.30. The van der Waals surface area contributed by atoms with Gasteiger partial charge < -0.3 is 20.1 Å². The highest BCUT2D eigenvalue weighted by atomic mass is 35.5. The molecule has 0 aliphatic carbocycles. The first-order valence-electron chi connectivity index (χ1n) is 7.37. The summed E-state index contributed by atoms with van der Waals surface area (Å²) in [6.45, 7) is 3.34. The predicted molar refractivity (Wildman–Crippen MR) is 88.4 cm³/mol. The molecule has 2 N–H and O–H groups in total. The number of benzene rings is 1. The van der Waals surface area contributed by atoms with Gasteiger partial charge in [0.05, 0.1) is 33.9 Å². The number of carbonyl (C=O) groups excluding carboxylic acids is 2. The van der Waals surface area contributed by atoms with Gasteiger partial charge >= 0.3 is 12.0 Å². The summed E-state index contributed by atoms with van der Waals surface area (Å²) < 4.78 is 10.5. The molecule has 9 nitrogen and oxygen atoms in total. The van der Waals surface area contributed by atoms with Crippen LogP contribution in [0.4, 0.5) is 10.5 Å². The third kappa shape index (κ3) is 4.38. The summed E-state index contributed by atoms with van der Waals surface area (Å²) >= 11 is 5.96. The second kappa shape index (κ2) is 7.84. The van der Waals surface area contributed by atoms with Crippen molar-refractivity contribution < 1.29 is 24.0 Å². The third-order valence-electron chi connectivity index (χ3n) is 3.36. The van der Waals surface area contributed by atoms with E-state index in [2.05, 4.69) is 10.6 Å². The number of hydrogen-bond acceptors (Lipinski definition) is 6. The van der Waals surface area contributed by atoms with E-state index in [0.717, 1.165) is 6.07 Å². The van der Waals surface area contributed by atoms with Crippen LogP contribution in [0, 0.1) is 10.1 Å². The van der Waals surface area contributed by atoms with Crippen LogP contribution in [0.5, 0.6) is 5.75 Å². The zero-order valence-electron chi connectivity index (χ0n) is 13.5. The Morgan fingerprint density at radius 2 is 2.16 bits per heavy atom. The highest BCUT2D eigenvalue weighted by Crippen LogP contribution is 2.29. The summed E-state index contributed by atoms with van der Waals surface area (Å²) in [5.41, 5.74) is 0.302. The van der Waals surface area contributed by atoms with Crippen LogP contribution in [0.3, 0.4) is 0 Å². The fraction of sp³-hybridized carbons (Fsp3) is 0.333. The molecule has 1 aliphatic heterocycles. The maximum Gasteiger partial charge on any atom is 0.338 e. The number of nitro groups is 1. The number of rotatable bonds is 6. The Morgan fingerprint density at radius 1 is 1.44 bits per heavy atom. The summed E-state index contributed by atoms with van der Waals surface area (Å²) in [6, 6.07) is 2.71. The molecule has 0 fully saturated rings. The van der Waals surface area contributed by atoms with E-state index in [4.69, 9.17) is 21.1 Å². The van der Waals surface area contributed by atoms with Gasteiger partial charge in [0.15, 0.2) is 0 Å². The van der Waals surface area contributed by atoms with Gasteiger partial charge in [0.2, 0.25) is 0 Å². The van der Waals surface area contributed by atoms with Gasteiger partial charge in [0.25, 0.3) is 5.69 Å². The second-order valence-electron chi connectivity index (χ2n) is 5.09. The molecule has 1 aromatic carbocycles. The van der Waals surface area contributed by atoms with Gasteiger partial charge in [-0.25, -0.2) is 9.59 Å². The molecule has 0 spiro atoms. The lowest BCUT2D eigenvalue weighted by atomic mass is 10.0. The van der Waals surface area contributed by atoms with E-state index in [1.54, 1.807) is 13.8 Å². The van der Waals surface area contributed by atoms with E-state index < -0.39 is 23.0 Å². The maximum atomic E-state index is 12.1. The number of amides is 2. The van der Waals surface area contributed by atoms with Crippen molar-refractivity contribution in [3.8, 4) is 5.75 Å². The van der Waals surface area contributed by atoms with Gasteiger partial charge in [-0.2, -0.15) is 0 Å². The highest BCUT2D eigenvalue weighted by molar-refractivity contribution is 6.32. The van der Waals surface area contributed by atoms with Crippen molar-refractivity contribution in [2.45, 2.75) is 19.9 Å². The van der Waals surface area contributed by atoms with Crippen molar-refractivity contribution in [2.75, 3.05) is 13.2 Å². The van der Waals surface area contributed by atoms with Crippen LogP contribution >= 0.6 is 11.6 Å². The molecular weight excluding hydrogens is 354 g/mol. The van der Waals surface area contributed by atoms with Crippen LogP contribution in [0.15, 0.2) is 29.5 Å². The summed E-state index contributed by atoms with van der Waals surface area (Å²) in [6.07, 6.45) is 0. The van der Waals surface area contributed by atoms with Crippen LogP contribution in [0.25, 0.3) is 0 Å². The molecule has 1 atom stereocenters. The Morgan fingerprint density at radius 3 is 2.76 bits per heavy atom. The SMILES string of the molecule is CCOC(=O)C1=C(COc2ccc([N+](=O)[O-])cc2Cl)NC(=O)N[C@@H]1C. The fourth-order valence-corrected chi connectivity index (χ4v) is 2.49. The average molecular weight is 370 g/mol. The van der Waals surface area contributed by atoms with E-state index >= 15 is 0 Å². The monoisotopic (exact) mass is 369 g/mol. The zero-order chi connectivity index (χ0) is 18.6. The number of ether oxygens (including phenoxy) is 2. The largest absolute Gasteiger partial charge is 0.486 e. The molecule has 1 heterocycles. The van der Waals surface area contributed by atoms with Crippen LogP contribution < -0.4 is 15.4 Å². The summed E-state index contributed by atoms with van der Waals surface area (Å²) in [5, 5.41) is 15.8. The molecule has 0 aromatic heterocycles. The van der Waals surface area contributed by atoms with Gasteiger partial charge in [0.1, 0.15) is 12.4 Å². The van der Waals surface area contributed by atoms with E-state index in [1.165, 1.54) is 12.1 Å². The molecule has 1 aliphatic rings. The first kappa shape index (κ1) is 18.5. The topological polar surface area (TPSA) is 120 Å². The molecule has 134 valence electrons. The van der Waals surface area contributed by atoms with Gasteiger partial charge in [-0.15, -0.1) is 0 Å². The summed E-state index contributed by atoms with van der Waals surface area (Å²) in [7, 11) is 0. The van der Waals surface area contributed by atoms with Gasteiger partial charge in [-0.1, -0.05) is 11.6 Å². The smallest absolute Gasteiger partial charge is 0.338 e. The normalized spacial score (nSPS) is 16.8. The van der Waals surface area contributed by atoms with Crippen LogP contribution in [0.1, 0.15) is 13.8 Å². The second-order valence-corrected chi connectivity index (χ2v) is 5.50. The molecular formula is C15H16ClN3O6. The van der Waals surface area contributed by atoms with Crippen molar-refractivity contribution in [1.82, 2.24) is 10.6 Å². The van der Waals surface area contributed by atoms with Gasteiger partial charge in [-0.3, -0.25) is 10.1 Å². The molecule has 0 unspecified atom stereocenters. The van der Waals surface area contributed by atoms with E-state index in [-0.39, 0.29) is 40.9 Å². The minimum atomic E-state index is -0.578. The fourth-order valence-electron chi connectivity index (χ4n) is 2.26. The summed E-state index contributed by atoms with van der Waals surface area (Å²) in [5.74, 6) is -0.390. The van der Waals surface area contributed by atoms with E-state index in [9.17, 15) is 19.7 Å². The third-order valence-corrected chi connectivity index (χ3v) is 3.66. The Kier molecular flexibility index (Phi) is 5.81. The molecule has 1 aromatic rings. The maximum absolute atomic E-state index is 12.1. The molecule has 0 radical (unpaired) electrons. The molecule has 0 saturated heterocycles. The number of nitrogens with one attached hydrogen (secondary N) is 2. The minimum Gasteiger partial charge on any atom is -0.486 e. The summed E-state index contributed by atoms with van der Waals surface area (Å²) in [4.78, 5) is 33.9. The number of esters is 1. The number of urea groups is 1. The lowest BCUT2D eigenvalue weighted by molar-refractivity contribution is -0.384. The van der Waals surface area contributed by atoms with E-state index in [1.807, 2.05) is 0 Å². The Bertz CT molecular complexity index is 749. The lowest BCUT2D eigenvalue weighted by Gasteiger charge is -2.26. The van der Waals surface area contributed by atoms with Crippen molar-refractivity contribution >= 4 is 29.3 Å². The van der Waals surface area contributed by atoms with Crippen molar-refractivity contribution in [3.63, 3.8) is 0 Å². The van der Waals surface area contributed by atoms with Gasteiger partial charge in [0, 0.05) is 12.1 Å².